The largest absolute Gasteiger partial charge is 0.351 e. The molecule has 3 nitrogen and oxygen atoms in total. The van der Waals surface area contributed by atoms with E-state index in [4.69, 9.17) is 5.73 Å². The first kappa shape index (κ1) is 12.1. The van der Waals surface area contributed by atoms with Crippen LogP contribution >= 0.6 is 0 Å². The molecule has 0 aliphatic heterocycles. The molecule has 1 aliphatic carbocycles. The summed E-state index contributed by atoms with van der Waals surface area (Å²) in [6.45, 7) is 1.72. The Morgan fingerprint density at radius 1 is 1.41 bits per heavy atom. The standard InChI is InChI=1S/C14H20N2O/c1-10(15)14(17)16-13(12-7-8-12)9-11-5-3-2-4-6-11/h2-6,10,12-13H,7-9,15H2,1H3,(H,16,17)/t10-,13?/m1/s1. The average Bonchev–Trinajstić information content (AvgIpc) is 3.13. The minimum Gasteiger partial charge on any atom is -0.351 e. The van der Waals surface area contributed by atoms with Gasteiger partial charge in [0.1, 0.15) is 0 Å². The van der Waals surface area contributed by atoms with Gasteiger partial charge >= 0.3 is 0 Å². The van der Waals surface area contributed by atoms with Crippen molar-refractivity contribution in [2.45, 2.75) is 38.3 Å². The van der Waals surface area contributed by atoms with E-state index in [2.05, 4.69) is 17.4 Å². The third kappa shape index (κ3) is 3.56. The van der Waals surface area contributed by atoms with Crippen molar-refractivity contribution in [1.82, 2.24) is 5.32 Å². The van der Waals surface area contributed by atoms with Crippen LogP contribution in [0.2, 0.25) is 0 Å². The van der Waals surface area contributed by atoms with Gasteiger partial charge in [-0.2, -0.15) is 0 Å². The molecule has 0 aromatic heterocycles. The number of carbonyl (C=O) groups excluding carboxylic acids is 1. The molecule has 3 N–H and O–H groups in total. The summed E-state index contributed by atoms with van der Waals surface area (Å²) < 4.78 is 0. The minimum absolute atomic E-state index is 0.0437. The molecule has 1 aliphatic rings. The Hall–Kier alpha value is -1.35. The molecule has 1 saturated carbocycles. The predicted octanol–water partition coefficient (Wildman–Crippen LogP) is 1.47. The van der Waals surface area contributed by atoms with Crippen LogP contribution in [0.25, 0.3) is 0 Å². The first-order chi connectivity index (χ1) is 8.16. The molecular weight excluding hydrogens is 212 g/mol. The van der Waals surface area contributed by atoms with Crippen LogP contribution in [0.5, 0.6) is 0 Å². The molecule has 3 heteroatoms. The predicted molar refractivity (Wildman–Crippen MR) is 68.5 cm³/mol. The molecule has 1 unspecified atom stereocenters. The van der Waals surface area contributed by atoms with Crippen LogP contribution in [0, 0.1) is 5.92 Å². The lowest BCUT2D eigenvalue weighted by atomic mass is 10.0. The van der Waals surface area contributed by atoms with E-state index in [9.17, 15) is 4.79 Å². The summed E-state index contributed by atoms with van der Waals surface area (Å²) in [5.74, 6) is 0.593. The fraction of sp³-hybridized carbons (Fsp3) is 0.500. The Balaban J connectivity index is 1.96. The van der Waals surface area contributed by atoms with Crippen molar-refractivity contribution < 1.29 is 4.79 Å². The Morgan fingerprint density at radius 3 is 2.59 bits per heavy atom. The van der Waals surface area contributed by atoms with Crippen molar-refractivity contribution in [3.63, 3.8) is 0 Å². The number of hydrogen-bond donors (Lipinski definition) is 2. The molecule has 92 valence electrons. The fourth-order valence-corrected chi connectivity index (χ4v) is 2.02. The van der Waals surface area contributed by atoms with Gasteiger partial charge in [0.15, 0.2) is 0 Å². The Morgan fingerprint density at radius 2 is 2.06 bits per heavy atom. The number of nitrogens with one attached hydrogen (secondary N) is 1. The van der Waals surface area contributed by atoms with Crippen molar-refractivity contribution in [3.05, 3.63) is 35.9 Å². The maximum atomic E-state index is 11.6. The maximum absolute atomic E-state index is 11.6. The zero-order valence-corrected chi connectivity index (χ0v) is 10.2. The Kier molecular flexibility index (Phi) is 3.79. The summed E-state index contributed by atoms with van der Waals surface area (Å²) in [5, 5.41) is 3.06. The third-order valence-corrected chi connectivity index (χ3v) is 3.23. The van der Waals surface area contributed by atoms with Crippen LogP contribution < -0.4 is 11.1 Å². The van der Waals surface area contributed by atoms with Gasteiger partial charge in [0.2, 0.25) is 5.91 Å². The van der Waals surface area contributed by atoms with E-state index in [1.54, 1.807) is 6.92 Å². The van der Waals surface area contributed by atoms with Gasteiger partial charge in [0, 0.05) is 6.04 Å². The molecule has 0 spiro atoms. The summed E-state index contributed by atoms with van der Waals surface area (Å²) >= 11 is 0. The zero-order valence-electron chi connectivity index (χ0n) is 10.2. The molecule has 17 heavy (non-hydrogen) atoms. The van der Waals surface area contributed by atoms with Gasteiger partial charge in [-0.05, 0) is 37.7 Å². The molecular formula is C14H20N2O. The fourth-order valence-electron chi connectivity index (χ4n) is 2.02. The molecule has 1 aromatic rings. The van der Waals surface area contributed by atoms with Crippen molar-refractivity contribution in [1.29, 1.82) is 0 Å². The van der Waals surface area contributed by atoms with Crippen LogP contribution in [0.1, 0.15) is 25.3 Å². The van der Waals surface area contributed by atoms with E-state index in [0.717, 1.165) is 6.42 Å². The van der Waals surface area contributed by atoms with Crippen LogP contribution in [0.15, 0.2) is 30.3 Å². The van der Waals surface area contributed by atoms with Crippen LogP contribution in [-0.2, 0) is 11.2 Å². The summed E-state index contributed by atoms with van der Waals surface area (Å²) in [5.41, 5.74) is 6.86. The zero-order chi connectivity index (χ0) is 12.3. The first-order valence-corrected chi connectivity index (χ1v) is 6.26. The Bertz CT molecular complexity index is 371. The van der Waals surface area contributed by atoms with E-state index < -0.39 is 6.04 Å². The quantitative estimate of drug-likeness (QED) is 0.807. The normalized spacial score (nSPS) is 18.5. The molecule has 2 rings (SSSR count). The summed E-state index contributed by atoms with van der Waals surface area (Å²) in [6, 6.07) is 10.1. The monoisotopic (exact) mass is 232 g/mol. The molecule has 1 amide bonds. The average molecular weight is 232 g/mol. The number of carbonyl (C=O) groups is 1. The van der Waals surface area contributed by atoms with Gasteiger partial charge in [0.05, 0.1) is 6.04 Å². The number of hydrogen-bond acceptors (Lipinski definition) is 2. The van der Waals surface area contributed by atoms with Gasteiger partial charge in [0.25, 0.3) is 0 Å². The van der Waals surface area contributed by atoms with Gasteiger partial charge in [-0.1, -0.05) is 30.3 Å². The molecule has 0 saturated heterocycles. The molecule has 0 radical (unpaired) electrons. The summed E-state index contributed by atoms with van der Waals surface area (Å²) in [4.78, 5) is 11.6. The van der Waals surface area contributed by atoms with Crippen LogP contribution in [-0.4, -0.2) is 18.0 Å². The molecule has 1 fully saturated rings. The van der Waals surface area contributed by atoms with Gasteiger partial charge in [-0.3, -0.25) is 4.79 Å². The smallest absolute Gasteiger partial charge is 0.236 e. The van der Waals surface area contributed by atoms with Crippen molar-refractivity contribution >= 4 is 5.91 Å². The van der Waals surface area contributed by atoms with E-state index >= 15 is 0 Å². The minimum atomic E-state index is -0.424. The van der Waals surface area contributed by atoms with Gasteiger partial charge < -0.3 is 11.1 Å². The SMILES string of the molecule is C[C@@H](N)C(=O)NC(Cc1ccccc1)C1CC1. The lowest BCUT2D eigenvalue weighted by molar-refractivity contribution is -0.122. The number of amides is 1. The Labute approximate surface area is 102 Å². The highest BCUT2D eigenvalue weighted by atomic mass is 16.2. The van der Waals surface area contributed by atoms with E-state index in [1.165, 1.54) is 18.4 Å². The highest BCUT2D eigenvalue weighted by Gasteiger charge is 2.32. The van der Waals surface area contributed by atoms with Crippen LogP contribution in [0.4, 0.5) is 0 Å². The third-order valence-electron chi connectivity index (χ3n) is 3.23. The van der Waals surface area contributed by atoms with Gasteiger partial charge in [-0.15, -0.1) is 0 Å². The van der Waals surface area contributed by atoms with Gasteiger partial charge in [-0.25, -0.2) is 0 Å². The summed E-state index contributed by atoms with van der Waals surface area (Å²) in [6.07, 6.45) is 3.34. The topological polar surface area (TPSA) is 55.1 Å². The lowest BCUT2D eigenvalue weighted by Gasteiger charge is -2.19. The second kappa shape index (κ2) is 5.32. The van der Waals surface area contributed by atoms with Crippen molar-refractivity contribution in [2.24, 2.45) is 11.7 Å². The van der Waals surface area contributed by atoms with E-state index in [-0.39, 0.29) is 11.9 Å². The summed E-state index contributed by atoms with van der Waals surface area (Å²) in [7, 11) is 0. The van der Waals surface area contributed by atoms with Crippen molar-refractivity contribution in [3.8, 4) is 0 Å². The molecule has 1 aromatic carbocycles. The molecule has 0 bridgehead atoms. The number of benzene rings is 1. The van der Waals surface area contributed by atoms with E-state index in [1.807, 2.05) is 18.2 Å². The highest BCUT2D eigenvalue weighted by molar-refractivity contribution is 5.81. The van der Waals surface area contributed by atoms with E-state index in [0.29, 0.717) is 5.92 Å². The number of nitrogens with two attached hydrogens (primary N) is 1. The lowest BCUT2D eigenvalue weighted by Crippen LogP contribution is -2.45. The van der Waals surface area contributed by atoms with Crippen LogP contribution in [0.3, 0.4) is 0 Å². The molecule has 0 heterocycles. The maximum Gasteiger partial charge on any atom is 0.236 e. The number of rotatable bonds is 5. The second-order valence-corrected chi connectivity index (χ2v) is 4.93. The highest BCUT2D eigenvalue weighted by Crippen LogP contribution is 2.34. The first-order valence-electron chi connectivity index (χ1n) is 6.26. The second-order valence-electron chi connectivity index (χ2n) is 4.93. The van der Waals surface area contributed by atoms with Crippen molar-refractivity contribution in [2.75, 3.05) is 0 Å². The molecule has 2 atom stereocenters.